The van der Waals surface area contributed by atoms with Gasteiger partial charge < -0.3 is 9.80 Å². The largest absolute Gasteiger partial charge is 0.365 e. The van der Waals surface area contributed by atoms with Crippen LogP contribution in [0.1, 0.15) is 20.7 Å². The molecule has 29 heavy (non-hydrogen) atoms. The zero-order valence-corrected chi connectivity index (χ0v) is 16.6. The summed E-state index contributed by atoms with van der Waals surface area (Å²) in [5.74, 6) is -0.327. The quantitative estimate of drug-likeness (QED) is 0.566. The van der Waals surface area contributed by atoms with E-state index in [0.717, 1.165) is 13.1 Å². The van der Waals surface area contributed by atoms with Gasteiger partial charge in [-0.1, -0.05) is 36.0 Å². The lowest BCUT2D eigenvalue weighted by Crippen LogP contribution is -2.46. The highest BCUT2D eigenvalue weighted by Gasteiger charge is 2.36. The number of nitro benzene ring substituents is 1. The topological polar surface area (TPSA) is 83.8 Å². The number of nitro groups is 1. The number of allylic oxidation sites excluding steroid dienone is 2. The Bertz CT molecular complexity index is 1020. The lowest BCUT2D eigenvalue weighted by molar-refractivity contribution is -0.384. The van der Waals surface area contributed by atoms with E-state index in [1.807, 2.05) is 11.9 Å². The Morgan fingerprint density at radius 1 is 0.897 bits per heavy atom. The first-order chi connectivity index (χ1) is 14.0. The van der Waals surface area contributed by atoms with Gasteiger partial charge in [-0.3, -0.25) is 19.7 Å². The summed E-state index contributed by atoms with van der Waals surface area (Å²) < 4.78 is 0. The summed E-state index contributed by atoms with van der Waals surface area (Å²) in [4.78, 5) is 42.3. The predicted octanol–water partition coefficient (Wildman–Crippen LogP) is 3.23. The normalized spacial score (nSPS) is 17.5. The molecular formula is C21H19N3O4S. The summed E-state index contributed by atoms with van der Waals surface area (Å²) in [7, 11) is 2.03. The predicted molar refractivity (Wildman–Crippen MR) is 110 cm³/mol. The molecule has 1 aliphatic carbocycles. The second-order valence-electron chi connectivity index (χ2n) is 7.02. The average molecular weight is 409 g/mol. The van der Waals surface area contributed by atoms with Crippen molar-refractivity contribution in [3.63, 3.8) is 0 Å². The molecular weight excluding hydrogens is 390 g/mol. The molecule has 0 N–H and O–H groups in total. The monoisotopic (exact) mass is 409 g/mol. The summed E-state index contributed by atoms with van der Waals surface area (Å²) in [6.07, 6.45) is 0. The third-order valence-electron chi connectivity index (χ3n) is 5.14. The molecule has 0 bridgehead atoms. The van der Waals surface area contributed by atoms with E-state index in [1.165, 1.54) is 23.9 Å². The maximum atomic E-state index is 13.3. The third kappa shape index (κ3) is 3.68. The SMILES string of the molecule is CN1CCN(C2=C(Sc3ccc([N+](=O)[O-])cc3)C(=O)c3ccccc3C2=O)CC1. The van der Waals surface area contributed by atoms with E-state index in [2.05, 4.69) is 4.90 Å². The summed E-state index contributed by atoms with van der Waals surface area (Å²) in [5, 5.41) is 10.9. The van der Waals surface area contributed by atoms with Gasteiger partial charge in [0.2, 0.25) is 11.6 Å². The van der Waals surface area contributed by atoms with Gasteiger partial charge in [0.05, 0.1) is 9.83 Å². The summed E-state index contributed by atoms with van der Waals surface area (Å²) in [6, 6.07) is 12.9. The van der Waals surface area contributed by atoms with Crippen molar-refractivity contribution in [1.29, 1.82) is 0 Å². The first kappa shape index (κ1) is 19.4. The number of thioether (sulfide) groups is 1. The van der Waals surface area contributed by atoms with E-state index >= 15 is 0 Å². The van der Waals surface area contributed by atoms with Crippen LogP contribution in [-0.4, -0.2) is 59.5 Å². The molecule has 1 saturated heterocycles. The standard InChI is InChI=1S/C21H19N3O4S/c1-22-10-12-23(13-11-22)18-19(25)16-4-2-3-5-17(16)20(26)21(18)29-15-8-6-14(7-9-15)24(27)28/h2-9H,10-13H2,1H3. The molecule has 1 aliphatic heterocycles. The number of non-ortho nitro benzene ring substituents is 1. The number of rotatable bonds is 4. The van der Waals surface area contributed by atoms with E-state index in [9.17, 15) is 19.7 Å². The second-order valence-corrected chi connectivity index (χ2v) is 8.11. The van der Waals surface area contributed by atoms with Crippen LogP contribution in [-0.2, 0) is 0 Å². The molecule has 7 nitrogen and oxygen atoms in total. The van der Waals surface area contributed by atoms with E-state index in [0.29, 0.717) is 39.7 Å². The van der Waals surface area contributed by atoms with Crippen molar-refractivity contribution in [3.05, 3.63) is 80.4 Å². The van der Waals surface area contributed by atoms with Crippen molar-refractivity contribution >= 4 is 29.0 Å². The highest BCUT2D eigenvalue weighted by Crippen LogP contribution is 2.38. The summed E-state index contributed by atoms with van der Waals surface area (Å²) in [6.45, 7) is 2.94. The average Bonchev–Trinajstić information content (AvgIpc) is 2.73. The number of hydrogen-bond donors (Lipinski definition) is 0. The smallest absolute Gasteiger partial charge is 0.269 e. The molecule has 0 amide bonds. The third-order valence-corrected chi connectivity index (χ3v) is 6.23. The fourth-order valence-electron chi connectivity index (χ4n) is 3.51. The van der Waals surface area contributed by atoms with Gasteiger partial charge in [0.25, 0.3) is 5.69 Å². The first-order valence-electron chi connectivity index (χ1n) is 9.24. The number of fused-ring (bicyclic) bond motifs is 1. The number of piperazine rings is 1. The Kier molecular flexibility index (Phi) is 5.21. The fourth-order valence-corrected chi connectivity index (χ4v) is 4.53. The Labute approximate surface area is 172 Å². The molecule has 4 rings (SSSR count). The molecule has 2 aromatic rings. The Balaban J connectivity index is 1.76. The number of carbonyl (C=O) groups excluding carboxylic acids is 2. The number of carbonyl (C=O) groups is 2. The molecule has 0 spiro atoms. The highest BCUT2D eigenvalue weighted by molar-refractivity contribution is 8.04. The molecule has 0 saturated carbocycles. The molecule has 2 aromatic carbocycles. The maximum absolute atomic E-state index is 13.3. The summed E-state index contributed by atoms with van der Waals surface area (Å²) in [5.41, 5.74) is 1.25. The van der Waals surface area contributed by atoms with E-state index in [1.54, 1.807) is 36.4 Å². The maximum Gasteiger partial charge on any atom is 0.269 e. The second kappa shape index (κ2) is 7.81. The van der Waals surface area contributed by atoms with Crippen molar-refractivity contribution in [2.75, 3.05) is 33.2 Å². The number of Topliss-reactive ketones (excluding diaryl/α,β-unsaturated/α-hetero) is 2. The molecule has 0 radical (unpaired) electrons. The van der Waals surface area contributed by atoms with Crippen LogP contribution in [0, 0.1) is 10.1 Å². The van der Waals surface area contributed by atoms with Crippen molar-refractivity contribution in [2.45, 2.75) is 4.90 Å². The Hall–Kier alpha value is -2.97. The molecule has 8 heteroatoms. The van der Waals surface area contributed by atoms with Gasteiger partial charge in [0.15, 0.2) is 0 Å². The number of ketones is 2. The molecule has 0 atom stereocenters. The van der Waals surface area contributed by atoms with Gasteiger partial charge in [-0.15, -0.1) is 0 Å². The zero-order chi connectivity index (χ0) is 20.5. The lowest BCUT2D eigenvalue weighted by atomic mass is 9.91. The molecule has 1 fully saturated rings. The minimum Gasteiger partial charge on any atom is -0.365 e. The lowest BCUT2D eigenvalue weighted by Gasteiger charge is -2.37. The van der Waals surface area contributed by atoms with Gasteiger partial charge in [0, 0.05) is 54.3 Å². The van der Waals surface area contributed by atoms with E-state index < -0.39 is 4.92 Å². The van der Waals surface area contributed by atoms with Crippen molar-refractivity contribution in [3.8, 4) is 0 Å². The molecule has 2 aliphatic rings. The van der Waals surface area contributed by atoms with Crippen LogP contribution in [0.15, 0.2) is 64.0 Å². The van der Waals surface area contributed by atoms with Crippen molar-refractivity contribution in [2.24, 2.45) is 0 Å². The van der Waals surface area contributed by atoms with Gasteiger partial charge >= 0.3 is 0 Å². The van der Waals surface area contributed by atoms with Crippen LogP contribution in [0.25, 0.3) is 0 Å². The fraction of sp³-hybridized carbons (Fsp3) is 0.238. The Morgan fingerprint density at radius 2 is 1.48 bits per heavy atom. The van der Waals surface area contributed by atoms with Gasteiger partial charge in [0.1, 0.15) is 5.70 Å². The molecule has 148 valence electrons. The number of likely N-dealkylation sites (N-methyl/N-ethyl adjacent to an activating group) is 1. The number of hydrogen-bond acceptors (Lipinski definition) is 7. The molecule has 0 aromatic heterocycles. The van der Waals surface area contributed by atoms with Gasteiger partial charge in [-0.2, -0.15) is 0 Å². The Morgan fingerprint density at radius 3 is 2.07 bits per heavy atom. The van der Waals surface area contributed by atoms with E-state index in [4.69, 9.17) is 0 Å². The minimum absolute atomic E-state index is 0.0148. The van der Waals surface area contributed by atoms with Gasteiger partial charge in [-0.05, 0) is 19.2 Å². The summed E-state index contributed by atoms with van der Waals surface area (Å²) >= 11 is 1.19. The van der Waals surface area contributed by atoms with Gasteiger partial charge in [-0.25, -0.2) is 0 Å². The van der Waals surface area contributed by atoms with Crippen LogP contribution in [0.3, 0.4) is 0 Å². The van der Waals surface area contributed by atoms with Crippen molar-refractivity contribution in [1.82, 2.24) is 9.80 Å². The molecule has 0 unspecified atom stereocenters. The van der Waals surface area contributed by atoms with Crippen LogP contribution in [0.5, 0.6) is 0 Å². The van der Waals surface area contributed by atoms with Crippen LogP contribution >= 0.6 is 11.8 Å². The zero-order valence-electron chi connectivity index (χ0n) is 15.8. The number of benzene rings is 2. The van der Waals surface area contributed by atoms with Crippen LogP contribution in [0.2, 0.25) is 0 Å². The van der Waals surface area contributed by atoms with Crippen LogP contribution < -0.4 is 0 Å². The molecule has 1 heterocycles. The highest BCUT2D eigenvalue weighted by atomic mass is 32.2. The van der Waals surface area contributed by atoms with Crippen molar-refractivity contribution < 1.29 is 14.5 Å². The van der Waals surface area contributed by atoms with E-state index in [-0.39, 0.29) is 17.3 Å². The first-order valence-corrected chi connectivity index (χ1v) is 10.1. The minimum atomic E-state index is -0.463. The number of nitrogens with zero attached hydrogens (tertiary/aromatic N) is 3. The van der Waals surface area contributed by atoms with Crippen LogP contribution in [0.4, 0.5) is 5.69 Å².